The van der Waals surface area contributed by atoms with Gasteiger partial charge < -0.3 is 9.13 Å². The third kappa shape index (κ3) is 8.41. The zero-order chi connectivity index (χ0) is 38.3. The molecule has 7 rings (SSSR count). The van der Waals surface area contributed by atoms with Gasteiger partial charge >= 0.3 is 0 Å². The van der Waals surface area contributed by atoms with E-state index in [4.69, 9.17) is 15.0 Å². The third-order valence-electron chi connectivity index (χ3n) is 9.48. The van der Waals surface area contributed by atoms with Crippen LogP contribution in [0.15, 0.2) is 146 Å². The molecule has 0 saturated heterocycles. The molecule has 0 aliphatic heterocycles. The number of hydrogen-bond acceptors (Lipinski definition) is 5. The average Bonchev–Trinajstić information content (AvgIpc) is 3.17. The Morgan fingerprint density at radius 3 is 0.889 bits per heavy atom. The molecule has 270 valence electrons. The number of benzene rings is 6. The van der Waals surface area contributed by atoms with E-state index in [2.05, 4.69) is 80.3 Å². The van der Waals surface area contributed by atoms with E-state index in [0.29, 0.717) is 17.5 Å². The molecule has 0 radical (unpaired) electrons. The predicted octanol–water partition coefficient (Wildman–Crippen LogP) is 10.7. The topological polar surface area (TPSA) is 72.8 Å². The molecule has 0 aliphatic rings. The summed E-state index contributed by atoms with van der Waals surface area (Å²) in [6, 6.07) is 49.2. The van der Waals surface area contributed by atoms with Gasteiger partial charge in [-0.1, -0.05) is 122 Å². The van der Waals surface area contributed by atoms with Crippen molar-refractivity contribution in [1.82, 2.24) is 15.0 Å². The summed E-state index contributed by atoms with van der Waals surface area (Å²) in [6.07, 6.45) is 4.46. The molecular weight excluding hydrogens is 719 g/mol. The van der Waals surface area contributed by atoms with Crippen LogP contribution in [-0.4, -0.2) is 61.2 Å². The maximum absolute atomic E-state index is 12.9. The lowest BCUT2D eigenvalue weighted by atomic mass is 10.0. The van der Waals surface area contributed by atoms with Crippen molar-refractivity contribution in [2.75, 3.05) is 40.0 Å². The minimum absolute atomic E-state index is 0.547. The van der Waals surface area contributed by atoms with Crippen LogP contribution in [-0.2, 0) is 9.13 Å². The lowest BCUT2D eigenvalue weighted by Crippen LogP contribution is -2.03. The molecule has 0 amide bonds. The van der Waals surface area contributed by atoms with Crippen molar-refractivity contribution in [1.29, 1.82) is 0 Å². The Labute approximate surface area is 319 Å². The molecule has 0 spiro atoms. The molecule has 7 aromatic rings. The van der Waals surface area contributed by atoms with Crippen molar-refractivity contribution in [2.24, 2.45) is 0 Å². The molecule has 54 heavy (non-hydrogen) atoms. The van der Waals surface area contributed by atoms with Gasteiger partial charge in [0.2, 0.25) is 0 Å². The Morgan fingerprint density at radius 2 is 0.593 bits per heavy atom. The Kier molecular flexibility index (Phi) is 10.2. The molecule has 1 aromatic heterocycles. The standard InChI is InChI=1S/C46H44N3O2P3/c1-52(2,3)41-23-11-17-35(29-41)32-14-8-20-38(26-32)44-47-45(39-21-9-15-33(27-39)36-18-12-24-42(30-36)53(4,5)50)49-46(48-44)40-22-10-16-34(28-40)37-19-13-25-43(31-37)54(6,7)51/h8-31H,1H2,2-7H3. The summed E-state index contributed by atoms with van der Waals surface area (Å²) in [7, 11) is -4.88. The number of aromatic nitrogens is 3. The first-order valence-electron chi connectivity index (χ1n) is 17.8. The minimum atomic E-state index is -2.44. The fourth-order valence-electron chi connectivity index (χ4n) is 6.38. The molecule has 0 fully saturated rings. The first-order valence-corrected chi connectivity index (χ1v) is 25.9. The van der Waals surface area contributed by atoms with Crippen LogP contribution in [0.25, 0.3) is 67.5 Å². The maximum atomic E-state index is 12.9. The van der Waals surface area contributed by atoms with Crippen LogP contribution in [0.1, 0.15) is 0 Å². The van der Waals surface area contributed by atoms with E-state index in [-0.39, 0.29) is 0 Å². The average molecular weight is 764 g/mol. The molecule has 8 heteroatoms. The van der Waals surface area contributed by atoms with E-state index in [1.807, 2.05) is 84.9 Å². The van der Waals surface area contributed by atoms with Crippen molar-refractivity contribution in [3.8, 4) is 67.5 Å². The minimum Gasteiger partial charge on any atom is -0.319 e. The Morgan fingerprint density at radius 1 is 0.352 bits per heavy atom. The van der Waals surface area contributed by atoms with Crippen LogP contribution in [0, 0.1) is 0 Å². The highest BCUT2D eigenvalue weighted by atomic mass is 31.2. The van der Waals surface area contributed by atoms with Crippen LogP contribution in [0.3, 0.4) is 0 Å². The lowest BCUT2D eigenvalue weighted by Gasteiger charge is -2.15. The van der Waals surface area contributed by atoms with E-state index in [9.17, 15) is 9.13 Å². The fraction of sp³-hybridized carbons (Fsp3) is 0.130. The van der Waals surface area contributed by atoms with Gasteiger partial charge in [0.15, 0.2) is 17.5 Å². The quantitative estimate of drug-likeness (QED) is 0.137. The number of nitrogens with zero attached hydrogens (tertiary/aromatic N) is 3. The molecule has 1 heterocycles. The lowest BCUT2D eigenvalue weighted by molar-refractivity contribution is 0.587. The highest BCUT2D eigenvalue weighted by Crippen LogP contribution is 2.39. The van der Waals surface area contributed by atoms with Gasteiger partial charge in [0, 0.05) is 27.3 Å². The molecule has 0 unspecified atom stereocenters. The zero-order valence-electron chi connectivity index (χ0n) is 31.6. The van der Waals surface area contributed by atoms with Crippen molar-refractivity contribution in [2.45, 2.75) is 0 Å². The molecule has 0 bridgehead atoms. The zero-order valence-corrected chi connectivity index (χ0v) is 34.2. The molecule has 0 saturated carbocycles. The van der Waals surface area contributed by atoms with E-state index >= 15 is 0 Å². The summed E-state index contributed by atoms with van der Waals surface area (Å²) in [6.45, 7) is 10.2. The summed E-state index contributed by atoms with van der Waals surface area (Å²) >= 11 is 0. The second-order valence-electron chi connectivity index (χ2n) is 15.1. The van der Waals surface area contributed by atoms with Crippen LogP contribution in [0.2, 0.25) is 0 Å². The van der Waals surface area contributed by atoms with Gasteiger partial charge in [-0.25, -0.2) is 15.0 Å². The predicted molar refractivity (Wildman–Crippen MR) is 236 cm³/mol. The van der Waals surface area contributed by atoms with Crippen LogP contribution >= 0.6 is 21.2 Å². The van der Waals surface area contributed by atoms with E-state index in [1.165, 1.54) is 5.30 Å². The number of rotatable bonds is 9. The van der Waals surface area contributed by atoms with Crippen LogP contribution in [0.4, 0.5) is 0 Å². The summed E-state index contributed by atoms with van der Waals surface area (Å²) in [4.78, 5) is 15.3. The normalized spacial score (nSPS) is 12.1. The van der Waals surface area contributed by atoms with Gasteiger partial charge in [-0.3, -0.25) is 0 Å². The fourth-order valence-corrected chi connectivity index (χ4v) is 9.15. The molecule has 0 N–H and O–H groups in total. The van der Waals surface area contributed by atoms with Gasteiger partial charge in [0.05, 0.1) is 0 Å². The SMILES string of the molecule is C=P(C)(C)c1cccc(-c2cccc(-c3nc(-c4cccc(-c5cccc(P(C)(C)=O)c5)c4)nc(-c4cccc(-c5cccc(P(C)(C)=O)c5)c4)n3)c2)c1. The monoisotopic (exact) mass is 763 g/mol. The third-order valence-corrected chi connectivity index (χ3v) is 14.2. The maximum Gasteiger partial charge on any atom is 0.164 e. The molecule has 0 aliphatic carbocycles. The van der Waals surface area contributed by atoms with Crippen molar-refractivity contribution >= 4 is 43.4 Å². The summed E-state index contributed by atoms with van der Waals surface area (Å²) < 4.78 is 25.9. The van der Waals surface area contributed by atoms with Crippen molar-refractivity contribution in [3.63, 3.8) is 0 Å². The Balaban J connectivity index is 1.37. The van der Waals surface area contributed by atoms with Crippen molar-refractivity contribution in [3.05, 3.63) is 146 Å². The molecule has 6 aromatic carbocycles. The highest BCUT2D eigenvalue weighted by molar-refractivity contribution is 7.79. The number of hydrogen-bond donors (Lipinski definition) is 0. The first-order chi connectivity index (χ1) is 25.6. The first kappa shape index (κ1) is 37.4. The summed E-state index contributed by atoms with van der Waals surface area (Å²) in [5, 5.41) is 2.95. The largest absolute Gasteiger partial charge is 0.319 e. The molecule has 5 nitrogen and oxygen atoms in total. The van der Waals surface area contributed by atoms with Gasteiger partial charge in [-0.2, -0.15) is 0 Å². The van der Waals surface area contributed by atoms with E-state index in [0.717, 1.165) is 60.7 Å². The smallest absolute Gasteiger partial charge is 0.164 e. The van der Waals surface area contributed by atoms with Gasteiger partial charge in [-0.15, -0.1) is 0 Å². The molecular formula is C46H44N3O2P3. The summed E-state index contributed by atoms with van der Waals surface area (Å²) in [5.74, 6) is 1.66. The highest BCUT2D eigenvalue weighted by Gasteiger charge is 2.17. The van der Waals surface area contributed by atoms with Crippen LogP contribution < -0.4 is 15.9 Å². The van der Waals surface area contributed by atoms with Crippen LogP contribution in [0.5, 0.6) is 0 Å². The van der Waals surface area contributed by atoms with Gasteiger partial charge in [0.25, 0.3) is 0 Å². The van der Waals surface area contributed by atoms with Gasteiger partial charge in [0.1, 0.15) is 14.3 Å². The van der Waals surface area contributed by atoms with E-state index < -0.39 is 21.2 Å². The van der Waals surface area contributed by atoms with E-state index in [1.54, 1.807) is 26.7 Å². The van der Waals surface area contributed by atoms with Gasteiger partial charge in [-0.05, 0) is 115 Å². The van der Waals surface area contributed by atoms with Crippen molar-refractivity contribution < 1.29 is 9.13 Å². The summed E-state index contributed by atoms with van der Waals surface area (Å²) in [5.41, 5.74) is 8.68. The Bertz CT molecular complexity index is 2380. The second kappa shape index (κ2) is 14.7. The Hall–Kier alpha value is -4.91. The second-order valence-corrected chi connectivity index (χ2v) is 25.4. The molecule has 0 atom stereocenters.